The zero-order valence-electron chi connectivity index (χ0n) is 12.8. The molecule has 2 N–H and O–H groups in total. The Labute approximate surface area is 134 Å². The first-order valence-corrected chi connectivity index (χ1v) is 7.60. The van der Waals surface area contributed by atoms with Gasteiger partial charge in [0.1, 0.15) is 6.61 Å². The molecular weight excluding hydrogens is 288 g/mol. The van der Waals surface area contributed by atoms with Gasteiger partial charge in [-0.15, -0.1) is 12.4 Å². The fourth-order valence-electron chi connectivity index (χ4n) is 2.68. The Morgan fingerprint density at radius 2 is 1.95 bits per heavy atom. The van der Waals surface area contributed by atoms with Gasteiger partial charge >= 0.3 is 0 Å². The first-order chi connectivity index (χ1) is 9.83. The topological polar surface area (TPSA) is 47.7 Å². The fourth-order valence-corrected chi connectivity index (χ4v) is 2.68. The van der Waals surface area contributed by atoms with Gasteiger partial charge in [-0.25, -0.2) is 0 Å². The largest absolute Gasteiger partial charge is 0.490 e. The lowest BCUT2D eigenvalue weighted by Crippen LogP contribution is -2.40. The maximum atomic E-state index is 5.86. The van der Waals surface area contributed by atoms with Crippen LogP contribution in [0.3, 0.4) is 0 Å². The van der Waals surface area contributed by atoms with Crippen LogP contribution < -0.4 is 15.2 Å². The molecule has 1 aromatic carbocycles. The van der Waals surface area contributed by atoms with E-state index in [0.717, 1.165) is 37.7 Å². The third-order valence-electron chi connectivity index (χ3n) is 3.75. The van der Waals surface area contributed by atoms with E-state index in [-0.39, 0.29) is 12.4 Å². The summed E-state index contributed by atoms with van der Waals surface area (Å²) in [5.41, 5.74) is 5.76. The van der Waals surface area contributed by atoms with Crippen molar-refractivity contribution in [2.24, 2.45) is 11.7 Å². The van der Waals surface area contributed by atoms with Gasteiger partial charge in [0.15, 0.2) is 11.5 Å². The van der Waals surface area contributed by atoms with E-state index in [2.05, 4.69) is 4.90 Å². The van der Waals surface area contributed by atoms with Crippen molar-refractivity contribution in [3.05, 3.63) is 24.3 Å². The highest BCUT2D eigenvalue weighted by molar-refractivity contribution is 5.85. The summed E-state index contributed by atoms with van der Waals surface area (Å²) in [5, 5.41) is 0. The number of nitrogens with two attached hydrogens (primary N) is 1. The zero-order valence-corrected chi connectivity index (χ0v) is 13.6. The number of likely N-dealkylation sites (tertiary alicyclic amines) is 1. The molecule has 1 aliphatic rings. The van der Waals surface area contributed by atoms with Gasteiger partial charge in [0, 0.05) is 13.1 Å². The molecule has 1 atom stereocenters. The maximum Gasteiger partial charge on any atom is 0.161 e. The molecule has 2 rings (SSSR count). The van der Waals surface area contributed by atoms with Crippen LogP contribution in [0.5, 0.6) is 11.5 Å². The van der Waals surface area contributed by atoms with Crippen molar-refractivity contribution in [1.29, 1.82) is 0 Å². The van der Waals surface area contributed by atoms with Crippen LogP contribution >= 0.6 is 12.4 Å². The number of nitrogens with zero attached hydrogens (tertiary/aromatic N) is 1. The molecule has 120 valence electrons. The summed E-state index contributed by atoms with van der Waals surface area (Å²) in [6.07, 6.45) is 2.51. The average Bonchev–Trinajstić information content (AvgIpc) is 2.49. The molecule has 21 heavy (non-hydrogen) atoms. The second-order valence-corrected chi connectivity index (χ2v) is 5.27. The molecule has 4 nitrogen and oxygen atoms in total. The molecule has 1 unspecified atom stereocenters. The summed E-state index contributed by atoms with van der Waals surface area (Å²) in [7, 11) is 0. The van der Waals surface area contributed by atoms with Crippen molar-refractivity contribution in [2.45, 2.75) is 19.8 Å². The number of rotatable bonds is 7. The molecule has 0 bridgehead atoms. The van der Waals surface area contributed by atoms with Crippen molar-refractivity contribution in [3.63, 3.8) is 0 Å². The Balaban J connectivity index is 0.00000220. The minimum absolute atomic E-state index is 0. The summed E-state index contributed by atoms with van der Waals surface area (Å²) in [6.45, 7) is 7.35. The van der Waals surface area contributed by atoms with Crippen LogP contribution in [-0.4, -0.2) is 44.3 Å². The predicted molar refractivity (Wildman–Crippen MR) is 88.6 cm³/mol. The Morgan fingerprint density at radius 3 is 2.62 bits per heavy atom. The van der Waals surface area contributed by atoms with Crippen LogP contribution in [0.15, 0.2) is 24.3 Å². The average molecular weight is 315 g/mol. The molecule has 0 aromatic heterocycles. The molecule has 5 heteroatoms. The second-order valence-electron chi connectivity index (χ2n) is 5.27. The number of halogens is 1. The first-order valence-electron chi connectivity index (χ1n) is 7.60. The molecule has 1 saturated heterocycles. The second kappa shape index (κ2) is 9.87. The summed E-state index contributed by atoms with van der Waals surface area (Å²) >= 11 is 0. The minimum atomic E-state index is 0. The van der Waals surface area contributed by atoms with Crippen molar-refractivity contribution >= 4 is 12.4 Å². The third kappa shape index (κ3) is 5.73. The number of benzene rings is 1. The van der Waals surface area contributed by atoms with Crippen LogP contribution in [0, 0.1) is 5.92 Å². The van der Waals surface area contributed by atoms with Gasteiger partial charge in [-0.2, -0.15) is 0 Å². The molecule has 1 aliphatic heterocycles. The van der Waals surface area contributed by atoms with Gasteiger partial charge in [-0.3, -0.25) is 4.90 Å². The van der Waals surface area contributed by atoms with E-state index in [1.54, 1.807) is 0 Å². The molecule has 0 saturated carbocycles. The smallest absolute Gasteiger partial charge is 0.161 e. The van der Waals surface area contributed by atoms with Crippen LogP contribution in [0.25, 0.3) is 0 Å². The highest BCUT2D eigenvalue weighted by Crippen LogP contribution is 2.26. The monoisotopic (exact) mass is 314 g/mol. The normalized spacial score (nSPS) is 18.9. The number of piperidine rings is 1. The number of hydrogen-bond donors (Lipinski definition) is 1. The van der Waals surface area contributed by atoms with Crippen LogP contribution in [0.2, 0.25) is 0 Å². The van der Waals surface area contributed by atoms with E-state index >= 15 is 0 Å². The van der Waals surface area contributed by atoms with Crippen molar-refractivity contribution < 1.29 is 9.47 Å². The van der Waals surface area contributed by atoms with Crippen molar-refractivity contribution in [1.82, 2.24) is 4.90 Å². The molecule has 1 fully saturated rings. The molecule has 0 spiro atoms. The first kappa shape index (κ1) is 18.1. The quantitative estimate of drug-likeness (QED) is 0.840. The molecule has 1 aromatic rings. The lowest BCUT2D eigenvalue weighted by molar-refractivity contribution is 0.147. The van der Waals surface area contributed by atoms with Crippen LogP contribution in [0.4, 0.5) is 0 Å². The fraction of sp³-hybridized carbons (Fsp3) is 0.625. The lowest BCUT2D eigenvalue weighted by Gasteiger charge is -2.31. The van der Waals surface area contributed by atoms with E-state index in [1.807, 2.05) is 31.2 Å². The van der Waals surface area contributed by atoms with E-state index in [1.165, 1.54) is 12.8 Å². The Bertz CT molecular complexity index is 404. The van der Waals surface area contributed by atoms with Gasteiger partial charge in [-0.1, -0.05) is 12.1 Å². The molecule has 0 radical (unpaired) electrons. The van der Waals surface area contributed by atoms with E-state index in [0.29, 0.717) is 19.1 Å². The minimum Gasteiger partial charge on any atom is -0.490 e. The summed E-state index contributed by atoms with van der Waals surface area (Å²) in [4.78, 5) is 2.45. The molecule has 0 aliphatic carbocycles. The lowest BCUT2D eigenvalue weighted by atomic mass is 9.98. The van der Waals surface area contributed by atoms with Gasteiger partial charge in [0.25, 0.3) is 0 Å². The Kier molecular flexibility index (Phi) is 8.50. The van der Waals surface area contributed by atoms with Gasteiger partial charge in [0.05, 0.1) is 6.61 Å². The van der Waals surface area contributed by atoms with Crippen molar-refractivity contribution in [3.8, 4) is 11.5 Å². The van der Waals surface area contributed by atoms with Crippen LogP contribution in [0.1, 0.15) is 19.8 Å². The van der Waals surface area contributed by atoms with E-state index < -0.39 is 0 Å². The summed E-state index contributed by atoms with van der Waals surface area (Å²) < 4.78 is 11.4. The zero-order chi connectivity index (χ0) is 14.2. The summed E-state index contributed by atoms with van der Waals surface area (Å²) in [5.74, 6) is 2.31. The van der Waals surface area contributed by atoms with Crippen LogP contribution in [-0.2, 0) is 0 Å². The van der Waals surface area contributed by atoms with Crippen molar-refractivity contribution in [2.75, 3.05) is 39.4 Å². The highest BCUT2D eigenvalue weighted by Gasteiger charge is 2.18. The number of para-hydroxylation sites is 2. The van der Waals surface area contributed by atoms with Gasteiger partial charge in [-0.05, 0) is 50.9 Å². The Hall–Kier alpha value is -0.970. The number of hydrogen-bond acceptors (Lipinski definition) is 4. The summed E-state index contributed by atoms with van der Waals surface area (Å²) in [6, 6.07) is 7.85. The molecule has 0 amide bonds. The Morgan fingerprint density at radius 1 is 1.24 bits per heavy atom. The molecular formula is C16H27ClN2O2. The standard InChI is InChI=1S/C16H26N2O2.ClH/c1-2-19-15-7-3-4-8-16(15)20-11-10-18-9-5-6-14(12-17)13-18;/h3-4,7-8,14H,2,5-6,9-13,17H2,1H3;1H. The van der Waals surface area contributed by atoms with Gasteiger partial charge < -0.3 is 15.2 Å². The third-order valence-corrected chi connectivity index (χ3v) is 3.75. The number of ether oxygens (including phenoxy) is 2. The molecule has 1 heterocycles. The van der Waals surface area contributed by atoms with Gasteiger partial charge in [0.2, 0.25) is 0 Å². The SMILES string of the molecule is CCOc1ccccc1OCCN1CCCC(CN)C1.Cl. The maximum absolute atomic E-state index is 5.86. The van der Waals surface area contributed by atoms with E-state index in [9.17, 15) is 0 Å². The predicted octanol–water partition coefficient (Wildman–Crippen LogP) is 2.56. The highest BCUT2D eigenvalue weighted by atomic mass is 35.5. The van der Waals surface area contributed by atoms with E-state index in [4.69, 9.17) is 15.2 Å².